The number of aromatic carboxylic acids is 1. The third-order valence-electron chi connectivity index (χ3n) is 3.63. The van der Waals surface area contributed by atoms with Crippen molar-refractivity contribution >= 4 is 17.6 Å². The lowest BCUT2D eigenvalue weighted by molar-refractivity contribution is -0.116. The summed E-state index contributed by atoms with van der Waals surface area (Å²) in [6.07, 6.45) is 0.177. The Kier molecular flexibility index (Phi) is 6.00. The summed E-state index contributed by atoms with van der Waals surface area (Å²) in [5.41, 5.74) is 2.69. The Morgan fingerprint density at radius 1 is 1.08 bits per heavy atom. The van der Waals surface area contributed by atoms with Gasteiger partial charge in [-0.3, -0.25) is 4.79 Å². The van der Waals surface area contributed by atoms with Crippen LogP contribution in [0.15, 0.2) is 36.4 Å². The van der Waals surface area contributed by atoms with E-state index in [1.165, 1.54) is 25.3 Å². The van der Waals surface area contributed by atoms with Crippen molar-refractivity contribution in [2.45, 2.75) is 20.3 Å². The highest BCUT2D eigenvalue weighted by molar-refractivity contribution is 5.94. The summed E-state index contributed by atoms with van der Waals surface area (Å²) in [5, 5.41) is 11.8. The number of aryl methyl sites for hydroxylation is 2. The fourth-order valence-corrected chi connectivity index (χ4v) is 2.38. The first-order valence-corrected chi connectivity index (χ1v) is 7.82. The molecule has 0 bridgehead atoms. The van der Waals surface area contributed by atoms with E-state index < -0.39 is 5.97 Å². The summed E-state index contributed by atoms with van der Waals surface area (Å²) < 4.78 is 10.7. The monoisotopic (exact) mass is 343 g/mol. The molecule has 2 rings (SSSR count). The Labute approximate surface area is 146 Å². The molecular formula is C19H21NO5. The molecule has 0 radical (unpaired) electrons. The Hall–Kier alpha value is -3.02. The number of hydrogen-bond donors (Lipinski definition) is 2. The van der Waals surface area contributed by atoms with Gasteiger partial charge in [0.05, 0.1) is 20.1 Å². The van der Waals surface area contributed by atoms with Gasteiger partial charge in [0, 0.05) is 11.8 Å². The molecule has 0 unspecified atom stereocenters. The van der Waals surface area contributed by atoms with Gasteiger partial charge in [-0.05, 0) is 37.6 Å². The molecule has 1 amide bonds. The first-order valence-electron chi connectivity index (χ1n) is 7.82. The summed E-state index contributed by atoms with van der Waals surface area (Å²) in [7, 11) is 1.38. The standard InChI is InChI=1S/C19H21NO5/c1-12-4-7-16(13(2)10-12)25-9-8-18(21)20-14-5-6-15(19(22)23)17(11-14)24-3/h4-7,10-11H,8-9H2,1-3H3,(H,20,21)(H,22,23). The number of anilines is 1. The molecule has 0 heterocycles. The average molecular weight is 343 g/mol. The summed E-state index contributed by atoms with van der Waals surface area (Å²) in [6, 6.07) is 10.3. The molecule has 0 aliphatic rings. The van der Waals surface area contributed by atoms with E-state index in [2.05, 4.69) is 5.32 Å². The van der Waals surface area contributed by atoms with Crippen LogP contribution < -0.4 is 14.8 Å². The SMILES string of the molecule is COc1cc(NC(=O)CCOc2ccc(C)cc2C)ccc1C(=O)O. The van der Waals surface area contributed by atoms with E-state index in [4.69, 9.17) is 14.6 Å². The smallest absolute Gasteiger partial charge is 0.339 e. The van der Waals surface area contributed by atoms with E-state index in [9.17, 15) is 9.59 Å². The van der Waals surface area contributed by atoms with Crippen LogP contribution in [0.5, 0.6) is 11.5 Å². The molecule has 6 heteroatoms. The highest BCUT2D eigenvalue weighted by atomic mass is 16.5. The number of carbonyl (C=O) groups is 2. The first-order chi connectivity index (χ1) is 11.9. The number of carbonyl (C=O) groups excluding carboxylic acids is 1. The van der Waals surface area contributed by atoms with E-state index in [0.717, 1.165) is 16.9 Å². The van der Waals surface area contributed by atoms with Gasteiger partial charge in [-0.25, -0.2) is 4.79 Å². The molecule has 0 aliphatic carbocycles. The van der Waals surface area contributed by atoms with Crippen LogP contribution in [-0.4, -0.2) is 30.7 Å². The summed E-state index contributed by atoms with van der Waals surface area (Å²) >= 11 is 0. The molecule has 132 valence electrons. The summed E-state index contributed by atoms with van der Waals surface area (Å²) in [6.45, 7) is 4.22. The van der Waals surface area contributed by atoms with Crippen molar-refractivity contribution in [1.82, 2.24) is 0 Å². The Balaban J connectivity index is 1.91. The third-order valence-corrected chi connectivity index (χ3v) is 3.63. The van der Waals surface area contributed by atoms with E-state index in [1.807, 2.05) is 32.0 Å². The Morgan fingerprint density at radius 2 is 1.84 bits per heavy atom. The van der Waals surface area contributed by atoms with E-state index in [-0.39, 0.29) is 30.2 Å². The number of amides is 1. The van der Waals surface area contributed by atoms with Crippen LogP contribution in [-0.2, 0) is 4.79 Å². The largest absolute Gasteiger partial charge is 0.496 e. The number of nitrogens with one attached hydrogen (secondary N) is 1. The minimum absolute atomic E-state index is 0.0404. The van der Waals surface area contributed by atoms with E-state index in [1.54, 1.807) is 0 Å². The van der Waals surface area contributed by atoms with Crippen molar-refractivity contribution in [1.29, 1.82) is 0 Å². The van der Waals surface area contributed by atoms with Crippen LogP contribution in [0.2, 0.25) is 0 Å². The molecule has 2 N–H and O–H groups in total. The predicted molar refractivity (Wildman–Crippen MR) is 94.6 cm³/mol. The lowest BCUT2D eigenvalue weighted by Crippen LogP contribution is -2.15. The molecule has 25 heavy (non-hydrogen) atoms. The topological polar surface area (TPSA) is 84.9 Å². The molecule has 0 aromatic heterocycles. The average Bonchev–Trinajstić information content (AvgIpc) is 2.56. The summed E-state index contributed by atoms with van der Waals surface area (Å²) in [5.74, 6) is -0.366. The van der Waals surface area contributed by atoms with Gasteiger partial charge in [-0.2, -0.15) is 0 Å². The fourth-order valence-electron chi connectivity index (χ4n) is 2.38. The number of hydrogen-bond acceptors (Lipinski definition) is 4. The van der Waals surface area contributed by atoms with Crippen LogP contribution in [0.1, 0.15) is 27.9 Å². The second-order valence-electron chi connectivity index (χ2n) is 5.64. The van der Waals surface area contributed by atoms with Gasteiger partial charge in [0.15, 0.2) is 0 Å². The van der Waals surface area contributed by atoms with E-state index in [0.29, 0.717) is 5.69 Å². The molecule has 2 aromatic rings. The van der Waals surface area contributed by atoms with Crippen molar-refractivity contribution in [2.24, 2.45) is 0 Å². The number of rotatable bonds is 7. The van der Waals surface area contributed by atoms with Crippen molar-refractivity contribution in [3.05, 3.63) is 53.1 Å². The molecule has 6 nitrogen and oxygen atoms in total. The Morgan fingerprint density at radius 3 is 2.48 bits per heavy atom. The van der Waals surface area contributed by atoms with Crippen LogP contribution in [0.4, 0.5) is 5.69 Å². The zero-order chi connectivity index (χ0) is 18.4. The molecule has 0 saturated carbocycles. The number of methoxy groups -OCH3 is 1. The second-order valence-corrected chi connectivity index (χ2v) is 5.64. The van der Waals surface area contributed by atoms with Gasteiger partial charge in [0.2, 0.25) is 5.91 Å². The number of carboxylic acids is 1. The molecular weight excluding hydrogens is 322 g/mol. The predicted octanol–water partition coefficient (Wildman–Crippen LogP) is 3.42. The minimum Gasteiger partial charge on any atom is -0.496 e. The van der Waals surface area contributed by atoms with Gasteiger partial charge >= 0.3 is 5.97 Å². The van der Waals surface area contributed by atoms with Gasteiger partial charge < -0.3 is 19.9 Å². The number of ether oxygens (including phenoxy) is 2. The van der Waals surface area contributed by atoms with Crippen LogP contribution >= 0.6 is 0 Å². The van der Waals surface area contributed by atoms with Gasteiger partial charge in [0.25, 0.3) is 0 Å². The fraction of sp³-hybridized carbons (Fsp3) is 0.263. The normalized spacial score (nSPS) is 10.2. The van der Waals surface area contributed by atoms with Crippen molar-refractivity contribution in [3.63, 3.8) is 0 Å². The lowest BCUT2D eigenvalue weighted by Gasteiger charge is -2.11. The van der Waals surface area contributed by atoms with Crippen LogP contribution in [0.3, 0.4) is 0 Å². The Bertz CT molecular complexity index is 785. The molecule has 0 aliphatic heterocycles. The quantitative estimate of drug-likeness (QED) is 0.805. The zero-order valence-corrected chi connectivity index (χ0v) is 14.5. The molecule has 2 aromatic carbocycles. The van der Waals surface area contributed by atoms with Gasteiger partial charge in [0.1, 0.15) is 17.1 Å². The van der Waals surface area contributed by atoms with Crippen LogP contribution in [0, 0.1) is 13.8 Å². The number of benzene rings is 2. The van der Waals surface area contributed by atoms with Gasteiger partial charge in [-0.1, -0.05) is 17.7 Å². The maximum atomic E-state index is 12.0. The maximum absolute atomic E-state index is 12.0. The highest BCUT2D eigenvalue weighted by Crippen LogP contribution is 2.23. The van der Waals surface area contributed by atoms with Crippen molar-refractivity contribution in [2.75, 3.05) is 19.0 Å². The molecule has 0 spiro atoms. The second kappa shape index (κ2) is 8.19. The minimum atomic E-state index is -1.09. The van der Waals surface area contributed by atoms with E-state index >= 15 is 0 Å². The summed E-state index contributed by atoms with van der Waals surface area (Å²) in [4.78, 5) is 23.1. The van der Waals surface area contributed by atoms with Crippen molar-refractivity contribution < 1.29 is 24.2 Å². The molecule has 0 atom stereocenters. The molecule has 0 fully saturated rings. The number of carboxylic acid groups (broad SMARTS) is 1. The first kappa shape index (κ1) is 18.3. The zero-order valence-electron chi connectivity index (χ0n) is 14.5. The van der Waals surface area contributed by atoms with Crippen LogP contribution in [0.25, 0.3) is 0 Å². The third kappa shape index (κ3) is 4.97. The van der Waals surface area contributed by atoms with Gasteiger partial charge in [-0.15, -0.1) is 0 Å². The highest BCUT2D eigenvalue weighted by Gasteiger charge is 2.12. The van der Waals surface area contributed by atoms with Crippen molar-refractivity contribution in [3.8, 4) is 11.5 Å². The molecule has 0 saturated heterocycles. The maximum Gasteiger partial charge on any atom is 0.339 e. The lowest BCUT2D eigenvalue weighted by atomic mass is 10.1.